The van der Waals surface area contributed by atoms with Gasteiger partial charge in [0.1, 0.15) is 4.90 Å². The Morgan fingerprint density at radius 2 is 1.76 bits per heavy atom. The van der Waals surface area contributed by atoms with E-state index in [9.17, 15) is 13.2 Å². The van der Waals surface area contributed by atoms with E-state index in [1.165, 1.54) is 24.2 Å². The Balaban J connectivity index is 1.50. The number of carbonyl (C=O) groups is 1. The highest BCUT2D eigenvalue weighted by molar-refractivity contribution is 7.91. The molecule has 0 radical (unpaired) electrons. The lowest BCUT2D eigenvalue weighted by atomic mass is 9.90. The summed E-state index contributed by atoms with van der Waals surface area (Å²) < 4.78 is 38.5. The first-order valence-electron chi connectivity index (χ1n) is 11.4. The van der Waals surface area contributed by atoms with Crippen LogP contribution in [-0.4, -0.2) is 27.5 Å². The van der Waals surface area contributed by atoms with Crippen LogP contribution in [0.5, 0.6) is 11.5 Å². The molecule has 2 heterocycles. The van der Waals surface area contributed by atoms with Crippen LogP contribution < -0.4 is 14.8 Å². The molecule has 34 heavy (non-hydrogen) atoms. The maximum atomic E-state index is 13.4. The Hall–Kier alpha value is -2.84. The molecule has 3 aromatic rings. The predicted octanol–water partition coefficient (Wildman–Crippen LogP) is 5.69. The lowest BCUT2D eigenvalue weighted by Gasteiger charge is -2.25. The summed E-state index contributed by atoms with van der Waals surface area (Å²) in [5.74, 6) is 0.861. The second kappa shape index (κ2) is 9.07. The Kier molecular flexibility index (Phi) is 6.12. The van der Waals surface area contributed by atoms with Gasteiger partial charge >= 0.3 is 0 Å². The molecule has 0 saturated heterocycles. The summed E-state index contributed by atoms with van der Waals surface area (Å²) in [7, 11) is -2.16. The molecule has 1 atom stereocenters. The minimum absolute atomic E-state index is 0.141. The van der Waals surface area contributed by atoms with E-state index in [0.717, 1.165) is 28.8 Å². The van der Waals surface area contributed by atoms with Crippen LogP contribution in [0.1, 0.15) is 54.0 Å². The van der Waals surface area contributed by atoms with Gasteiger partial charge in [0, 0.05) is 22.6 Å². The summed E-state index contributed by atoms with van der Waals surface area (Å²) in [5.41, 5.74) is 2.26. The van der Waals surface area contributed by atoms with E-state index < -0.39 is 9.84 Å². The van der Waals surface area contributed by atoms with Gasteiger partial charge in [0.25, 0.3) is 0 Å². The molecule has 1 aromatic heterocycles. The van der Waals surface area contributed by atoms with Crippen molar-refractivity contribution in [3.8, 4) is 11.5 Å². The van der Waals surface area contributed by atoms with Crippen molar-refractivity contribution in [1.82, 2.24) is 0 Å². The number of fused-ring (bicyclic) bond motifs is 1. The molecular weight excluding hydrogens is 470 g/mol. The predicted molar refractivity (Wildman–Crippen MR) is 132 cm³/mol. The standard InChI is InChI=1S/C26H27NO5S2/c1-16-7-10-19(11-8-16)34(29,30)23-15-33-26-20(14-24(28)27-25(23)26)17-9-12-21(22(13-17)31-2)32-18-5-3-4-6-18/h7-13,15,18,20H,3-6,14H2,1-2H3,(H,27,28)/t20-/m0/s1. The fourth-order valence-corrected chi connectivity index (χ4v) is 7.61. The molecular formula is C26H27NO5S2. The van der Waals surface area contributed by atoms with Gasteiger partial charge in [-0.15, -0.1) is 11.3 Å². The van der Waals surface area contributed by atoms with Crippen LogP contribution in [-0.2, 0) is 14.6 Å². The molecule has 0 unspecified atom stereocenters. The monoisotopic (exact) mass is 497 g/mol. The van der Waals surface area contributed by atoms with Gasteiger partial charge in [0.15, 0.2) is 11.5 Å². The molecule has 1 amide bonds. The Morgan fingerprint density at radius 3 is 2.47 bits per heavy atom. The lowest BCUT2D eigenvalue weighted by molar-refractivity contribution is -0.116. The summed E-state index contributed by atoms with van der Waals surface area (Å²) in [6.45, 7) is 1.91. The van der Waals surface area contributed by atoms with Gasteiger partial charge in [0.05, 0.1) is 23.8 Å². The number of hydrogen-bond acceptors (Lipinski definition) is 6. The van der Waals surface area contributed by atoms with Gasteiger partial charge in [-0.25, -0.2) is 8.42 Å². The molecule has 0 spiro atoms. The van der Waals surface area contributed by atoms with Gasteiger partial charge in [0.2, 0.25) is 15.7 Å². The van der Waals surface area contributed by atoms with Crippen molar-refractivity contribution in [2.24, 2.45) is 0 Å². The van der Waals surface area contributed by atoms with Crippen molar-refractivity contribution in [3.05, 3.63) is 63.8 Å². The minimum atomic E-state index is -3.76. The van der Waals surface area contributed by atoms with Crippen molar-refractivity contribution in [2.45, 2.75) is 60.8 Å². The quantitative estimate of drug-likeness (QED) is 0.473. The first kappa shape index (κ1) is 22.9. The largest absolute Gasteiger partial charge is 0.493 e. The number of hydrogen-bond donors (Lipinski definition) is 1. The van der Waals surface area contributed by atoms with Crippen LogP contribution in [0.25, 0.3) is 0 Å². The average molecular weight is 498 g/mol. The van der Waals surface area contributed by atoms with Crippen molar-refractivity contribution < 1.29 is 22.7 Å². The maximum Gasteiger partial charge on any atom is 0.225 e. The van der Waals surface area contributed by atoms with Crippen LogP contribution in [0, 0.1) is 6.92 Å². The lowest BCUT2D eigenvalue weighted by Crippen LogP contribution is -2.23. The third-order valence-electron chi connectivity index (χ3n) is 6.56. The van der Waals surface area contributed by atoms with Crippen LogP contribution >= 0.6 is 11.3 Å². The van der Waals surface area contributed by atoms with Gasteiger partial charge in [-0.2, -0.15) is 0 Å². The first-order chi connectivity index (χ1) is 16.4. The fraction of sp³-hybridized carbons (Fsp3) is 0.346. The van der Waals surface area contributed by atoms with Crippen molar-refractivity contribution >= 4 is 32.8 Å². The number of benzene rings is 2. The summed E-state index contributed by atoms with van der Waals surface area (Å²) in [6, 6.07) is 12.5. The average Bonchev–Trinajstić information content (AvgIpc) is 3.49. The van der Waals surface area contributed by atoms with E-state index in [1.807, 2.05) is 25.1 Å². The molecule has 1 aliphatic carbocycles. The molecule has 6 nitrogen and oxygen atoms in total. The van der Waals surface area contributed by atoms with E-state index in [0.29, 0.717) is 17.2 Å². The molecule has 0 bridgehead atoms. The molecule has 1 N–H and O–H groups in total. The topological polar surface area (TPSA) is 81.7 Å². The van der Waals surface area contributed by atoms with Crippen molar-refractivity contribution in [1.29, 1.82) is 0 Å². The summed E-state index contributed by atoms with van der Waals surface area (Å²) in [5, 5.41) is 4.45. The third kappa shape index (κ3) is 4.20. The SMILES string of the molecule is COc1cc([C@@H]2CC(=O)Nc3c(S(=O)(=O)c4ccc(C)cc4)csc32)ccc1OC1CCCC1. The van der Waals surface area contributed by atoms with E-state index in [-0.39, 0.29) is 34.1 Å². The number of nitrogens with one attached hydrogen (secondary N) is 1. The Morgan fingerprint density at radius 1 is 1.03 bits per heavy atom. The van der Waals surface area contributed by atoms with Gasteiger partial charge < -0.3 is 14.8 Å². The Bertz CT molecular complexity index is 1320. The van der Waals surface area contributed by atoms with E-state index in [1.54, 1.807) is 36.8 Å². The molecule has 8 heteroatoms. The number of methoxy groups -OCH3 is 1. The molecule has 2 aromatic carbocycles. The molecule has 2 aliphatic rings. The number of amides is 1. The normalized spacial score (nSPS) is 18.4. The highest BCUT2D eigenvalue weighted by atomic mass is 32.2. The molecule has 1 fully saturated rings. The number of sulfone groups is 1. The van der Waals surface area contributed by atoms with Crippen LogP contribution in [0.3, 0.4) is 0 Å². The number of carbonyl (C=O) groups excluding carboxylic acids is 1. The zero-order chi connectivity index (χ0) is 23.9. The molecule has 1 saturated carbocycles. The third-order valence-corrected chi connectivity index (χ3v) is 9.60. The van der Waals surface area contributed by atoms with Crippen molar-refractivity contribution in [2.75, 3.05) is 12.4 Å². The maximum absolute atomic E-state index is 13.4. The van der Waals surface area contributed by atoms with Crippen LogP contribution in [0.4, 0.5) is 5.69 Å². The van der Waals surface area contributed by atoms with Crippen LogP contribution in [0.15, 0.2) is 57.6 Å². The highest BCUT2D eigenvalue weighted by Gasteiger charge is 2.35. The first-order valence-corrected chi connectivity index (χ1v) is 13.8. The number of aryl methyl sites for hydroxylation is 1. The van der Waals surface area contributed by atoms with Crippen LogP contribution in [0.2, 0.25) is 0 Å². The Labute approximate surface area is 203 Å². The molecule has 5 rings (SSSR count). The number of thiophene rings is 1. The fourth-order valence-electron chi connectivity index (χ4n) is 4.70. The number of anilines is 1. The summed E-state index contributed by atoms with van der Waals surface area (Å²) in [6.07, 6.45) is 4.89. The molecule has 1 aliphatic heterocycles. The second-order valence-electron chi connectivity index (χ2n) is 8.90. The highest BCUT2D eigenvalue weighted by Crippen LogP contribution is 2.47. The zero-order valence-electron chi connectivity index (χ0n) is 19.2. The number of ether oxygens (including phenoxy) is 2. The van der Waals surface area contributed by atoms with E-state index in [4.69, 9.17) is 9.47 Å². The summed E-state index contributed by atoms with van der Waals surface area (Å²) in [4.78, 5) is 13.8. The number of rotatable bonds is 6. The van der Waals surface area contributed by atoms with E-state index >= 15 is 0 Å². The minimum Gasteiger partial charge on any atom is -0.493 e. The summed E-state index contributed by atoms with van der Waals surface area (Å²) >= 11 is 1.36. The van der Waals surface area contributed by atoms with Crippen molar-refractivity contribution in [3.63, 3.8) is 0 Å². The second-order valence-corrected chi connectivity index (χ2v) is 11.7. The van der Waals surface area contributed by atoms with Gasteiger partial charge in [-0.3, -0.25) is 4.79 Å². The molecule has 178 valence electrons. The van der Waals surface area contributed by atoms with E-state index in [2.05, 4.69) is 5.32 Å². The van der Waals surface area contributed by atoms with Gasteiger partial charge in [-0.1, -0.05) is 23.8 Å². The van der Waals surface area contributed by atoms with Gasteiger partial charge in [-0.05, 0) is 62.4 Å². The smallest absolute Gasteiger partial charge is 0.225 e. The zero-order valence-corrected chi connectivity index (χ0v) is 20.8.